The van der Waals surface area contributed by atoms with Crippen molar-refractivity contribution in [2.75, 3.05) is 11.9 Å². The first-order chi connectivity index (χ1) is 8.66. The first kappa shape index (κ1) is 13.0. The molecule has 2 rings (SSSR count). The zero-order chi connectivity index (χ0) is 13.0. The summed E-state index contributed by atoms with van der Waals surface area (Å²) in [6, 6.07) is 3.06. The number of rotatable bonds is 6. The van der Waals surface area contributed by atoms with E-state index in [1.165, 1.54) is 16.2 Å². The van der Waals surface area contributed by atoms with Crippen LogP contribution in [0.25, 0.3) is 0 Å². The van der Waals surface area contributed by atoms with Gasteiger partial charge in [-0.15, -0.1) is 22.7 Å². The van der Waals surface area contributed by atoms with E-state index < -0.39 is 12.0 Å². The molecule has 0 aromatic carbocycles. The summed E-state index contributed by atoms with van der Waals surface area (Å²) in [5, 5.41) is 16.4. The summed E-state index contributed by atoms with van der Waals surface area (Å²) in [7, 11) is 0. The third-order valence-electron chi connectivity index (χ3n) is 2.33. The number of nitrogens with zero attached hydrogens (tertiary/aromatic N) is 1. The third kappa shape index (κ3) is 3.28. The molecule has 0 bridgehead atoms. The molecule has 2 aromatic rings. The third-order valence-corrected chi connectivity index (χ3v) is 4.09. The van der Waals surface area contributed by atoms with Gasteiger partial charge < -0.3 is 16.2 Å². The summed E-state index contributed by atoms with van der Waals surface area (Å²) >= 11 is 3.09. The van der Waals surface area contributed by atoms with Crippen LogP contribution >= 0.6 is 22.7 Å². The predicted molar refractivity (Wildman–Crippen MR) is 73.2 cm³/mol. The van der Waals surface area contributed by atoms with Gasteiger partial charge in [-0.25, -0.2) is 4.98 Å². The molecule has 1 unspecified atom stereocenters. The van der Waals surface area contributed by atoms with Crippen LogP contribution in [0.3, 0.4) is 0 Å². The van der Waals surface area contributed by atoms with E-state index in [2.05, 4.69) is 16.4 Å². The maximum absolute atomic E-state index is 10.7. The Morgan fingerprint density at radius 1 is 1.56 bits per heavy atom. The first-order valence-corrected chi connectivity index (χ1v) is 7.13. The molecule has 5 nitrogen and oxygen atoms in total. The van der Waals surface area contributed by atoms with E-state index in [0.717, 1.165) is 13.0 Å². The number of hydrogen-bond acceptors (Lipinski definition) is 6. The van der Waals surface area contributed by atoms with Crippen LogP contribution in [-0.2, 0) is 11.2 Å². The molecule has 0 aliphatic carbocycles. The van der Waals surface area contributed by atoms with Crippen LogP contribution in [0.1, 0.15) is 16.6 Å². The summed E-state index contributed by atoms with van der Waals surface area (Å²) in [6.45, 7) is 0.774. The molecule has 18 heavy (non-hydrogen) atoms. The van der Waals surface area contributed by atoms with E-state index in [-0.39, 0.29) is 0 Å². The normalized spacial score (nSPS) is 12.3. The van der Waals surface area contributed by atoms with Crippen molar-refractivity contribution in [1.29, 1.82) is 0 Å². The number of nitrogens with two attached hydrogens (primary N) is 1. The molecule has 0 saturated heterocycles. The molecule has 7 heteroatoms. The molecular weight excluding hydrogens is 270 g/mol. The number of nitrogens with one attached hydrogen (secondary N) is 1. The van der Waals surface area contributed by atoms with Crippen LogP contribution in [0.5, 0.6) is 0 Å². The SMILES string of the molecule is NC(C(=O)O)c1csc(NCCc2cccs2)n1. The summed E-state index contributed by atoms with van der Waals surface area (Å²) in [5.74, 6) is -1.06. The number of thiazole rings is 1. The van der Waals surface area contributed by atoms with Crippen LogP contribution < -0.4 is 11.1 Å². The molecule has 0 spiro atoms. The van der Waals surface area contributed by atoms with Gasteiger partial charge in [0.1, 0.15) is 6.04 Å². The summed E-state index contributed by atoms with van der Waals surface area (Å²) in [4.78, 5) is 16.2. The average Bonchev–Trinajstić information content (AvgIpc) is 2.99. The largest absolute Gasteiger partial charge is 0.480 e. The monoisotopic (exact) mass is 283 g/mol. The molecule has 2 heterocycles. The minimum absolute atomic E-state index is 0.395. The summed E-state index contributed by atoms with van der Waals surface area (Å²) in [5.41, 5.74) is 5.87. The van der Waals surface area contributed by atoms with Gasteiger partial charge in [0, 0.05) is 16.8 Å². The van der Waals surface area contributed by atoms with E-state index in [4.69, 9.17) is 10.8 Å². The van der Waals surface area contributed by atoms with E-state index in [1.54, 1.807) is 16.7 Å². The second-order valence-corrected chi connectivity index (χ2v) is 5.54. The van der Waals surface area contributed by atoms with E-state index in [1.807, 2.05) is 11.4 Å². The predicted octanol–water partition coefficient (Wildman–Crippen LogP) is 1.94. The maximum atomic E-state index is 10.7. The van der Waals surface area contributed by atoms with Gasteiger partial charge in [0.2, 0.25) is 0 Å². The maximum Gasteiger partial charge on any atom is 0.326 e. The highest BCUT2D eigenvalue weighted by atomic mass is 32.1. The van der Waals surface area contributed by atoms with Crippen LogP contribution in [0.4, 0.5) is 5.13 Å². The number of aliphatic carboxylic acids is 1. The Kier molecular flexibility index (Phi) is 4.29. The van der Waals surface area contributed by atoms with E-state index in [9.17, 15) is 4.79 Å². The van der Waals surface area contributed by atoms with Crippen LogP contribution in [-0.4, -0.2) is 22.6 Å². The topological polar surface area (TPSA) is 88.2 Å². The lowest BCUT2D eigenvalue weighted by Gasteiger charge is -2.02. The van der Waals surface area contributed by atoms with Crippen molar-refractivity contribution in [2.24, 2.45) is 5.73 Å². The Morgan fingerprint density at radius 3 is 3.06 bits per heavy atom. The lowest BCUT2D eigenvalue weighted by atomic mass is 10.2. The van der Waals surface area contributed by atoms with Crippen LogP contribution in [0.2, 0.25) is 0 Å². The van der Waals surface area contributed by atoms with Gasteiger partial charge in [0.25, 0.3) is 0 Å². The number of aromatic nitrogens is 1. The van der Waals surface area contributed by atoms with E-state index in [0.29, 0.717) is 10.8 Å². The minimum atomic E-state index is -1.06. The number of carboxylic acid groups (broad SMARTS) is 1. The molecule has 1 atom stereocenters. The first-order valence-electron chi connectivity index (χ1n) is 5.37. The molecule has 0 radical (unpaired) electrons. The molecular formula is C11H13N3O2S2. The standard InChI is InChI=1S/C11H13N3O2S2/c12-9(10(15)16)8-6-18-11(14-8)13-4-3-7-2-1-5-17-7/h1-2,5-6,9H,3-4,12H2,(H,13,14)(H,15,16). The average molecular weight is 283 g/mol. The molecule has 0 aliphatic heterocycles. The Labute approximate surface area is 112 Å². The number of carbonyl (C=O) groups is 1. The fourth-order valence-corrected chi connectivity index (χ4v) is 2.87. The van der Waals surface area contributed by atoms with Crippen molar-refractivity contribution >= 4 is 33.8 Å². The molecule has 96 valence electrons. The molecule has 0 amide bonds. The van der Waals surface area contributed by atoms with Gasteiger partial charge in [0.15, 0.2) is 5.13 Å². The van der Waals surface area contributed by atoms with Gasteiger partial charge in [-0.1, -0.05) is 6.07 Å². The van der Waals surface area contributed by atoms with Gasteiger partial charge in [-0.2, -0.15) is 0 Å². The number of thiophene rings is 1. The number of hydrogen-bond donors (Lipinski definition) is 3. The molecule has 0 aliphatic rings. The van der Waals surface area contributed by atoms with E-state index >= 15 is 0 Å². The highest BCUT2D eigenvalue weighted by molar-refractivity contribution is 7.13. The van der Waals surface area contributed by atoms with Gasteiger partial charge in [-0.05, 0) is 17.9 Å². The lowest BCUT2D eigenvalue weighted by molar-refractivity contribution is -0.138. The Bertz CT molecular complexity index is 510. The number of anilines is 1. The van der Waals surface area contributed by atoms with Gasteiger partial charge in [0.05, 0.1) is 5.69 Å². The highest BCUT2D eigenvalue weighted by Gasteiger charge is 2.17. The van der Waals surface area contributed by atoms with Crippen molar-refractivity contribution < 1.29 is 9.90 Å². The Morgan fingerprint density at radius 2 is 2.39 bits per heavy atom. The van der Waals surface area contributed by atoms with Gasteiger partial charge >= 0.3 is 5.97 Å². The second kappa shape index (κ2) is 5.94. The Balaban J connectivity index is 1.85. The highest BCUT2D eigenvalue weighted by Crippen LogP contribution is 2.19. The van der Waals surface area contributed by atoms with Crippen molar-refractivity contribution in [1.82, 2.24) is 4.98 Å². The van der Waals surface area contributed by atoms with Crippen molar-refractivity contribution in [3.05, 3.63) is 33.5 Å². The quantitative estimate of drug-likeness (QED) is 0.754. The summed E-state index contributed by atoms with van der Waals surface area (Å²) in [6.07, 6.45) is 0.928. The van der Waals surface area contributed by atoms with Gasteiger partial charge in [-0.3, -0.25) is 4.79 Å². The van der Waals surface area contributed by atoms with Crippen LogP contribution in [0.15, 0.2) is 22.9 Å². The molecule has 0 saturated carbocycles. The zero-order valence-corrected chi connectivity index (χ0v) is 11.1. The summed E-state index contributed by atoms with van der Waals surface area (Å²) < 4.78 is 0. The number of carboxylic acids is 1. The van der Waals surface area contributed by atoms with Crippen LogP contribution in [0, 0.1) is 0 Å². The minimum Gasteiger partial charge on any atom is -0.480 e. The Hall–Kier alpha value is -1.44. The second-order valence-electron chi connectivity index (χ2n) is 3.65. The van der Waals surface area contributed by atoms with Crippen molar-refractivity contribution in [2.45, 2.75) is 12.5 Å². The smallest absolute Gasteiger partial charge is 0.326 e. The molecule has 2 aromatic heterocycles. The van der Waals surface area contributed by atoms with Crippen molar-refractivity contribution in [3.8, 4) is 0 Å². The molecule has 4 N–H and O–H groups in total. The molecule has 0 fully saturated rings. The van der Waals surface area contributed by atoms with Crippen molar-refractivity contribution in [3.63, 3.8) is 0 Å². The zero-order valence-electron chi connectivity index (χ0n) is 9.50. The fraction of sp³-hybridized carbons (Fsp3) is 0.273. The fourth-order valence-electron chi connectivity index (χ4n) is 1.38. The lowest BCUT2D eigenvalue weighted by Crippen LogP contribution is -2.21.